The summed E-state index contributed by atoms with van der Waals surface area (Å²) in [7, 11) is 5.86. The van der Waals surface area contributed by atoms with Gasteiger partial charge in [-0.15, -0.1) is 0 Å². The smallest absolute Gasteiger partial charge is 0.412 e. The van der Waals surface area contributed by atoms with Crippen LogP contribution in [-0.2, 0) is 19.0 Å². The van der Waals surface area contributed by atoms with E-state index >= 15 is 0 Å². The second-order valence-corrected chi connectivity index (χ2v) is 22.0. The van der Waals surface area contributed by atoms with Crippen molar-refractivity contribution in [3.8, 4) is 34.1 Å². The zero-order valence-electron chi connectivity index (χ0n) is 43.1. The third kappa shape index (κ3) is 14.1. The molecule has 0 bridgehead atoms. The number of nitrogens with two attached hydrogens (primary N) is 1. The summed E-state index contributed by atoms with van der Waals surface area (Å²) in [6.45, 7) is 12.2. The topological polar surface area (TPSA) is 227 Å². The van der Waals surface area contributed by atoms with Crippen molar-refractivity contribution in [1.82, 2.24) is 15.1 Å². The Hall–Kier alpha value is -6.77. The van der Waals surface area contributed by atoms with Crippen LogP contribution < -0.4 is 35.3 Å². The minimum absolute atomic E-state index is 0.00860. The van der Waals surface area contributed by atoms with Crippen molar-refractivity contribution in [2.24, 2.45) is 0 Å². The predicted octanol–water partition coefficient (Wildman–Crippen LogP) is 9.62. The van der Waals surface area contributed by atoms with Gasteiger partial charge in [-0.25, -0.2) is 14.4 Å². The molecule has 3 aliphatic rings. The number of amides is 4. The summed E-state index contributed by atoms with van der Waals surface area (Å²) in [5, 5.41) is 15.3. The maximum atomic E-state index is 14.4. The summed E-state index contributed by atoms with van der Waals surface area (Å²) >= 11 is 0. The third-order valence-corrected chi connectivity index (χ3v) is 16.1. The number of methoxy groups -OCH3 is 2. The second-order valence-electron chi connectivity index (χ2n) is 18.9. The molecule has 4 amide bonds. The van der Waals surface area contributed by atoms with E-state index in [4.69, 9.17) is 38.9 Å². The number of hydrogen-bond donors (Lipinski definition) is 4. The highest BCUT2D eigenvalue weighted by atomic mass is 33.1. The highest BCUT2D eigenvalue weighted by Crippen LogP contribution is 2.45. The Bertz CT molecular complexity index is 2680. The molecule has 20 heteroatoms. The number of fused-ring (bicyclic) bond motifs is 3. The third-order valence-electron chi connectivity index (χ3n) is 12.8. The first-order valence-electron chi connectivity index (χ1n) is 25.0. The van der Waals surface area contributed by atoms with Gasteiger partial charge in [-0.1, -0.05) is 89.2 Å². The molecule has 0 aromatic heterocycles. The van der Waals surface area contributed by atoms with E-state index in [-0.39, 0.29) is 84.7 Å². The molecule has 0 spiro atoms. The van der Waals surface area contributed by atoms with Crippen molar-refractivity contribution in [2.75, 3.05) is 83.7 Å². The molecule has 2 aliphatic heterocycles. The molecule has 4 aromatic rings. The summed E-state index contributed by atoms with van der Waals surface area (Å²) in [5.74, 6) is -0.0972. The number of carbonyl (C=O) groups is 5. The van der Waals surface area contributed by atoms with Gasteiger partial charge >= 0.3 is 18.2 Å². The molecule has 1 aliphatic carbocycles. The number of nitrogens with zero attached hydrogens (tertiary/aromatic N) is 2. The molecular formula is C55H67N5O13S2. The van der Waals surface area contributed by atoms with Gasteiger partial charge in [-0.2, -0.15) is 0 Å². The van der Waals surface area contributed by atoms with Crippen LogP contribution in [0.1, 0.15) is 97.1 Å². The van der Waals surface area contributed by atoms with Crippen molar-refractivity contribution in [3.05, 3.63) is 107 Å². The number of carboxylic acid groups (broad SMARTS) is 1. The highest BCUT2D eigenvalue weighted by Gasteiger charge is 2.45. The fourth-order valence-corrected chi connectivity index (χ4v) is 11.5. The molecule has 2 saturated heterocycles. The Morgan fingerprint density at radius 2 is 1.49 bits per heavy atom. The minimum atomic E-state index is -1.28. The van der Waals surface area contributed by atoms with Crippen molar-refractivity contribution >= 4 is 62.9 Å². The van der Waals surface area contributed by atoms with Gasteiger partial charge in [0.25, 0.3) is 5.91 Å². The van der Waals surface area contributed by atoms with Gasteiger partial charge in [0.15, 0.2) is 29.2 Å². The van der Waals surface area contributed by atoms with Crippen LogP contribution in [0.3, 0.4) is 0 Å². The van der Waals surface area contributed by atoms with Crippen molar-refractivity contribution in [3.63, 3.8) is 0 Å². The minimum Gasteiger partial charge on any atom is -0.493 e. The lowest BCUT2D eigenvalue weighted by molar-refractivity contribution is -0.120. The lowest BCUT2D eigenvalue weighted by atomic mass is 9.98. The average molecular weight is 1070 g/mol. The predicted molar refractivity (Wildman–Crippen MR) is 289 cm³/mol. The number of rotatable bonds is 25. The summed E-state index contributed by atoms with van der Waals surface area (Å²) in [4.78, 5) is 68.3. The van der Waals surface area contributed by atoms with Crippen LogP contribution in [-0.4, -0.2) is 135 Å². The Labute approximate surface area is 445 Å². The Morgan fingerprint density at radius 1 is 0.853 bits per heavy atom. The highest BCUT2D eigenvalue weighted by molar-refractivity contribution is 8.77. The molecule has 0 saturated carbocycles. The molecule has 0 radical (unpaired) electrons. The van der Waals surface area contributed by atoms with Crippen molar-refractivity contribution < 1.29 is 62.2 Å². The fourth-order valence-electron chi connectivity index (χ4n) is 9.13. The molecule has 75 heavy (non-hydrogen) atoms. The molecule has 5 N–H and O–H groups in total. The van der Waals surface area contributed by atoms with Gasteiger partial charge < -0.3 is 54.2 Å². The van der Waals surface area contributed by atoms with Crippen molar-refractivity contribution in [2.45, 2.75) is 82.2 Å². The van der Waals surface area contributed by atoms with Gasteiger partial charge in [0, 0.05) is 55.1 Å². The van der Waals surface area contributed by atoms with E-state index in [9.17, 15) is 29.1 Å². The molecule has 7 rings (SSSR count). The van der Waals surface area contributed by atoms with E-state index in [0.717, 1.165) is 34.2 Å². The van der Waals surface area contributed by atoms with Crippen molar-refractivity contribution in [1.29, 1.82) is 0 Å². The second kappa shape index (κ2) is 26.1. The van der Waals surface area contributed by atoms with Crippen LogP contribution in [0.2, 0.25) is 0 Å². The summed E-state index contributed by atoms with van der Waals surface area (Å²) in [6, 6.07) is 21.6. The molecule has 2 atom stereocenters. The molecular weight excluding hydrogens is 1000 g/mol. The van der Waals surface area contributed by atoms with E-state index in [1.54, 1.807) is 21.9 Å². The lowest BCUT2D eigenvalue weighted by Crippen LogP contribution is -2.51. The zero-order chi connectivity index (χ0) is 53.6. The van der Waals surface area contributed by atoms with Crippen LogP contribution in [0.5, 0.6) is 23.0 Å². The summed E-state index contributed by atoms with van der Waals surface area (Å²) in [6.07, 6.45) is 1.44. The first-order valence-corrected chi connectivity index (χ1v) is 27.3. The first-order chi connectivity index (χ1) is 36.1. The normalized spacial score (nSPS) is 16.0. The van der Waals surface area contributed by atoms with Crippen LogP contribution >= 0.6 is 21.6 Å². The van der Waals surface area contributed by atoms with Crippen LogP contribution in [0.15, 0.2) is 84.9 Å². The van der Waals surface area contributed by atoms with Gasteiger partial charge in [-0.05, 0) is 74.3 Å². The van der Waals surface area contributed by atoms with Crippen LogP contribution in [0.25, 0.3) is 11.1 Å². The maximum Gasteiger partial charge on any atom is 0.412 e. The van der Waals surface area contributed by atoms with Crippen LogP contribution in [0, 0.1) is 0 Å². The molecule has 2 heterocycles. The molecule has 2 fully saturated rings. The first kappa shape index (κ1) is 56.0. The van der Waals surface area contributed by atoms with E-state index in [0.29, 0.717) is 69.1 Å². The molecule has 4 aromatic carbocycles. The largest absolute Gasteiger partial charge is 0.493 e. The number of anilines is 2. The van der Waals surface area contributed by atoms with Gasteiger partial charge in [-0.3, -0.25) is 19.8 Å². The van der Waals surface area contributed by atoms with E-state index in [2.05, 4.69) is 41.5 Å². The average Bonchev–Trinajstić information content (AvgIpc) is 4.14. The number of aromatic carboxylic acids is 1. The fraction of sp³-hybridized carbons (Fsp3) is 0.436. The number of nitrogens with one attached hydrogen (secondary N) is 2. The monoisotopic (exact) mass is 1070 g/mol. The Kier molecular flexibility index (Phi) is 19.5. The van der Waals surface area contributed by atoms with Gasteiger partial charge in [0.1, 0.15) is 13.2 Å². The quantitative estimate of drug-likeness (QED) is 0.0210. The Balaban J connectivity index is 0.882. The van der Waals surface area contributed by atoms with E-state index < -0.39 is 35.2 Å². The standard InChI is InChI=1S/C55H67N5O13S2/c1-7-20-57-49(61)19-25-74-75-55(3,4)33-73-53(65)58-43-30-48(46(68-6)28-40(43)52(63)64)70-23-14-8-13-22-69-47-29-42(56)39(27-45(47)67-5)50(62)60-31-34(2)26-44(60)51-59(21-24-71-51)54(66)72-32-41-37-17-11-9-15-35(37)36-16-10-12-18-38(36)41/h9-12,15-18,27-30,41,44,51H,2,7-8,13-14,19-26,31-33,56H2,1,3-6H3,(H,57,61)(H,58,65)(H,63,64)/t44-,51?/m0/s1. The Morgan fingerprint density at radius 3 is 2.13 bits per heavy atom. The summed E-state index contributed by atoms with van der Waals surface area (Å²) < 4.78 is 40.3. The maximum absolute atomic E-state index is 14.4. The number of likely N-dealkylation sites (tertiary alicyclic amines) is 1. The number of hydrogen-bond acceptors (Lipinski definition) is 15. The zero-order valence-corrected chi connectivity index (χ0v) is 44.7. The number of benzene rings is 4. The lowest BCUT2D eigenvalue weighted by Gasteiger charge is -2.33. The van der Waals surface area contributed by atoms with Gasteiger partial charge in [0.2, 0.25) is 5.91 Å². The molecule has 1 unspecified atom stereocenters. The SMILES string of the molecule is C=C1C[C@@H](C2OCCN2C(=O)OCC2c3ccccc3-c3ccccc32)N(C(=O)c2cc(OC)c(OCCCCCOc3cc(NC(=O)OCC(C)(C)SSCCC(=O)NCCC)c(C(=O)O)cc3OC)cc2N)C1. The van der Waals surface area contributed by atoms with Gasteiger partial charge in [0.05, 0.1) is 68.2 Å². The number of unbranched alkanes of at least 4 members (excludes halogenated alkanes) is 2. The number of ether oxygens (including phenoxy) is 7. The number of carbonyl (C=O) groups excluding carboxylic acids is 4. The molecule has 18 nitrogen and oxygen atoms in total. The van der Waals surface area contributed by atoms with E-state index in [1.165, 1.54) is 47.9 Å². The number of carboxylic acids is 1. The summed E-state index contributed by atoms with van der Waals surface area (Å²) in [5.41, 5.74) is 12.0. The van der Waals surface area contributed by atoms with E-state index in [1.807, 2.05) is 45.0 Å². The number of nitrogen functional groups attached to an aromatic ring is 1. The van der Waals surface area contributed by atoms with Crippen LogP contribution in [0.4, 0.5) is 21.0 Å². The molecule has 402 valence electrons.